The normalized spacial score (nSPS) is 20.4. The molecule has 0 spiro atoms. The van der Waals surface area contributed by atoms with Crippen LogP contribution in [0.15, 0.2) is 24.3 Å². The number of likely N-dealkylation sites (tertiary alicyclic amines) is 1. The van der Waals surface area contributed by atoms with Gasteiger partial charge in [-0.05, 0) is 70.5 Å². The van der Waals surface area contributed by atoms with Gasteiger partial charge in [-0.2, -0.15) is 0 Å². The number of pyridine rings is 1. The summed E-state index contributed by atoms with van der Waals surface area (Å²) in [5, 5.41) is 10.6. The Labute approximate surface area is 165 Å². The van der Waals surface area contributed by atoms with Gasteiger partial charge in [-0.25, -0.2) is 0 Å². The highest BCUT2D eigenvalue weighted by molar-refractivity contribution is 6.31. The number of carbonyl (C=O) groups is 1. The van der Waals surface area contributed by atoms with Crippen LogP contribution in [0.5, 0.6) is 0 Å². The molecule has 1 aliphatic rings. The van der Waals surface area contributed by atoms with Crippen LogP contribution in [0.25, 0.3) is 10.9 Å². The summed E-state index contributed by atoms with van der Waals surface area (Å²) < 4.78 is 0. The second kappa shape index (κ2) is 8.55. The molecule has 1 aromatic heterocycles. The molecule has 0 saturated carbocycles. The second-order valence-electron chi connectivity index (χ2n) is 7.67. The van der Waals surface area contributed by atoms with E-state index < -0.39 is 0 Å². The van der Waals surface area contributed by atoms with E-state index in [9.17, 15) is 9.90 Å². The van der Waals surface area contributed by atoms with E-state index in [-0.39, 0.29) is 12.5 Å². The summed E-state index contributed by atoms with van der Waals surface area (Å²) in [7, 11) is 4.19. The van der Waals surface area contributed by atoms with Crippen LogP contribution in [0.3, 0.4) is 0 Å². The van der Waals surface area contributed by atoms with Crippen molar-refractivity contribution in [2.45, 2.75) is 32.2 Å². The van der Waals surface area contributed by atoms with E-state index in [1.54, 1.807) is 6.07 Å². The number of fused-ring (bicyclic) bond motifs is 1. The molecule has 1 aliphatic heterocycles. The molecule has 0 unspecified atom stereocenters. The van der Waals surface area contributed by atoms with Gasteiger partial charge in [0.15, 0.2) is 0 Å². The predicted molar refractivity (Wildman–Crippen MR) is 109 cm³/mol. The van der Waals surface area contributed by atoms with Crippen LogP contribution in [0.2, 0.25) is 5.02 Å². The Morgan fingerprint density at radius 2 is 2.15 bits per heavy atom. The van der Waals surface area contributed by atoms with Gasteiger partial charge >= 0.3 is 0 Å². The maximum Gasteiger partial charge on any atom is 0.254 e. The van der Waals surface area contributed by atoms with Crippen LogP contribution in [-0.2, 0) is 0 Å². The molecule has 2 heterocycles. The van der Waals surface area contributed by atoms with Crippen molar-refractivity contribution in [3.8, 4) is 0 Å². The molecular weight excluding hydrogens is 362 g/mol. The zero-order valence-corrected chi connectivity index (χ0v) is 17.0. The Kier molecular flexibility index (Phi) is 6.35. The lowest BCUT2D eigenvalue weighted by molar-refractivity contribution is 0.0497. The molecule has 146 valence electrons. The molecule has 0 aliphatic carbocycles. The number of carbonyl (C=O) groups excluding carboxylic acids is 1. The lowest BCUT2D eigenvalue weighted by atomic mass is 9.87. The van der Waals surface area contributed by atoms with Crippen molar-refractivity contribution < 1.29 is 9.90 Å². The average Bonchev–Trinajstić information content (AvgIpc) is 2.65. The van der Waals surface area contributed by atoms with E-state index in [0.717, 1.165) is 42.4 Å². The summed E-state index contributed by atoms with van der Waals surface area (Å²) in [6.07, 6.45) is 2.63. The van der Waals surface area contributed by atoms with E-state index in [4.69, 9.17) is 11.6 Å². The molecule has 2 atom stereocenters. The summed E-state index contributed by atoms with van der Waals surface area (Å²) in [5.41, 5.74) is 2.29. The van der Waals surface area contributed by atoms with Gasteiger partial charge in [0.2, 0.25) is 0 Å². The SMILES string of the molecule is Cc1cc(C(=O)N2CC[C@H](N(C)C)[C@H](CCCO)C2)c2cc(Cl)ccc2n1. The molecule has 0 radical (unpaired) electrons. The topological polar surface area (TPSA) is 56.7 Å². The fraction of sp³-hybridized carbons (Fsp3) is 0.524. The lowest BCUT2D eigenvalue weighted by Gasteiger charge is -2.41. The van der Waals surface area contributed by atoms with Crippen molar-refractivity contribution in [2.75, 3.05) is 33.8 Å². The molecular formula is C21H28ClN3O2. The van der Waals surface area contributed by atoms with Gasteiger partial charge < -0.3 is 14.9 Å². The highest BCUT2D eigenvalue weighted by Crippen LogP contribution is 2.28. The van der Waals surface area contributed by atoms with Crippen molar-refractivity contribution >= 4 is 28.4 Å². The number of rotatable bonds is 5. The number of aryl methyl sites for hydroxylation is 1. The van der Waals surface area contributed by atoms with Crippen molar-refractivity contribution in [1.29, 1.82) is 0 Å². The second-order valence-corrected chi connectivity index (χ2v) is 8.11. The summed E-state index contributed by atoms with van der Waals surface area (Å²) in [5.74, 6) is 0.404. The van der Waals surface area contributed by atoms with Gasteiger partial charge in [0.1, 0.15) is 0 Å². The van der Waals surface area contributed by atoms with Gasteiger partial charge in [-0.1, -0.05) is 11.6 Å². The van der Waals surface area contributed by atoms with Crippen LogP contribution in [0, 0.1) is 12.8 Å². The molecule has 6 heteroatoms. The first-order valence-electron chi connectivity index (χ1n) is 9.54. The molecule has 3 rings (SSSR count). The zero-order valence-electron chi connectivity index (χ0n) is 16.3. The number of hydrogen-bond donors (Lipinski definition) is 1. The third kappa shape index (κ3) is 4.42. The van der Waals surface area contributed by atoms with Crippen molar-refractivity contribution in [1.82, 2.24) is 14.8 Å². The number of aromatic nitrogens is 1. The maximum atomic E-state index is 13.4. The zero-order chi connectivity index (χ0) is 19.6. The summed E-state index contributed by atoms with van der Waals surface area (Å²) in [6, 6.07) is 7.79. The molecule has 5 nitrogen and oxygen atoms in total. The number of amides is 1. The molecule has 1 aromatic carbocycles. The largest absolute Gasteiger partial charge is 0.396 e. The summed E-state index contributed by atoms with van der Waals surface area (Å²) in [4.78, 5) is 22.1. The molecule has 1 fully saturated rings. The smallest absolute Gasteiger partial charge is 0.254 e. The minimum absolute atomic E-state index is 0.0407. The molecule has 1 N–H and O–H groups in total. The monoisotopic (exact) mass is 389 g/mol. The van der Waals surface area contributed by atoms with Gasteiger partial charge in [0.25, 0.3) is 5.91 Å². The average molecular weight is 390 g/mol. The Morgan fingerprint density at radius 3 is 2.85 bits per heavy atom. The first-order chi connectivity index (χ1) is 12.9. The number of aliphatic hydroxyl groups is 1. The fourth-order valence-corrected chi connectivity index (χ4v) is 4.37. The molecule has 1 saturated heterocycles. The number of benzene rings is 1. The highest BCUT2D eigenvalue weighted by atomic mass is 35.5. The van der Waals surface area contributed by atoms with Crippen molar-refractivity contribution in [2.24, 2.45) is 5.92 Å². The number of halogens is 1. The molecule has 1 amide bonds. The third-order valence-corrected chi connectivity index (χ3v) is 5.74. The van der Waals surface area contributed by atoms with Gasteiger partial charge in [0, 0.05) is 41.8 Å². The number of aliphatic hydroxyl groups excluding tert-OH is 1. The van der Waals surface area contributed by atoms with E-state index in [0.29, 0.717) is 29.1 Å². The van der Waals surface area contributed by atoms with Crippen molar-refractivity contribution in [3.05, 3.63) is 40.5 Å². The van der Waals surface area contributed by atoms with E-state index in [1.807, 2.05) is 30.0 Å². The van der Waals surface area contributed by atoms with Crippen LogP contribution in [0.4, 0.5) is 0 Å². The minimum atomic E-state index is 0.0407. The minimum Gasteiger partial charge on any atom is -0.396 e. The highest BCUT2D eigenvalue weighted by Gasteiger charge is 2.33. The first-order valence-corrected chi connectivity index (χ1v) is 9.92. The summed E-state index contributed by atoms with van der Waals surface area (Å²) >= 11 is 6.17. The Bertz CT molecular complexity index is 824. The standard InChI is InChI=1S/C21H28ClN3O2/c1-14-11-18(17-12-16(22)6-7-19(17)23-14)21(27)25-9-8-20(24(2)3)15(13-25)5-4-10-26/h6-7,11-12,15,20,26H,4-5,8-10,13H2,1-3H3/t15-,20+/m1/s1. The van der Waals surface area contributed by atoms with Crippen LogP contribution in [0.1, 0.15) is 35.3 Å². The van der Waals surface area contributed by atoms with Crippen LogP contribution >= 0.6 is 11.6 Å². The quantitative estimate of drug-likeness (QED) is 0.851. The van der Waals surface area contributed by atoms with Crippen molar-refractivity contribution in [3.63, 3.8) is 0 Å². The summed E-state index contributed by atoms with van der Waals surface area (Å²) in [6.45, 7) is 3.55. The predicted octanol–water partition coefficient (Wildman–Crippen LogP) is 3.36. The van der Waals surface area contributed by atoms with Gasteiger partial charge in [0.05, 0.1) is 11.1 Å². The van der Waals surface area contributed by atoms with E-state index in [2.05, 4.69) is 24.0 Å². The number of hydrogen-bond acceptors (Lipinski definition) is 4. The third-order valence-electron chi connectivity index (χ3n) is 5.51. The van der Waals surface area contributed by atoms with Gasteiger partial charge in [-0.3, -0.25) is 9.78 Å². The molecule has 2 aromatic rings. The van der Waals surface area contributed by atoms with E-state index >= 15 is 0 Å². The Hall–Kier alpha value is -1.69. The maximum absolute atomic E-state index is 13.4. The number of piperidine rings is 1. The number of nitrogens with zero attached hydrogens (tertiary/aromatic N) is 3. The van der Waals surface area contributed by atoms with Crippen LogP contribution < -0.4 is 0 Å². The molecule has 0 bridgehead atoms. The lowest BCUT2D eigenvalue weighted by Crippen LogP contribution is -2.50. The van der Waals surface area contributed by atoms with Gasteiger partial charge in [-0.15, -0.1) is 0 Å². The van der Waals surface area contributed by atoms with Crippen LogP contribution in [-0.4, -0.2) is 65.6 Å². The first kappa shape index (κ1) is 20.1. The Morgan fingerprint density at radius 1 is 1.37 bits per heavy atom. The Balaban J connectivity index is 1.89. The van der Waals surface area contributed by atoms with E-state index in [1.165, 1.54) is 0 Å². The molecule has 27 heavy (non-hydrogen) atoms. The fourth-order valence-electron chi connectivity index (χ4n) is 4.20.